The average Bonchev–Trinajstić information content (AvgIpc) is 2.90. The number of halogens is 1. The highest BCUT2D eigenvalue weighted by atomic mass is 19.1. The molecule has 124 valence electrons. The molecule has 0 amide bonds. The van der Waals surface area contributed by atoms with Gasteiger partial charge in [0.25, 0.3) is 5.56 Å². The van der Waals surface area contributed by atoms with Gasteiger partial charge < -0.3 is 0 Å². The summed E-state index contributed by atoms with van der Waals surface area (Å²) in [6.45, 7) is 1.87. The molecule has 0 bridgehead atoms. The van der Waals surface area contributed by atoms with E-state index in [2.05, 4.69) is 5.10 Å². The smallest absolute Gasteiger partial charge is 0.274 e. The molecular weight excluding hydrogens is 315 g/mol. The van der Waals surface area contributed by atoms with Crippen molar-refractivity contribution in [2.75, 3.05) is 0 Å². The van der Waals surface area contributed by atoms with E-state index in [0.717, 1.165) is 27.7 Å². The van der Waals surface area contributed by atoms with E-state index in [9.17, 15) is 9.18 Å². The summed E-state index contributed by atoms with van der Waals surface area (Å²) in [6, 6.07) is 20.3. The summed E-state index contributed by atoms with van der Waals surface area (Å²) < 4.78 is 15.0. The molecule has 0 aliphatic rings. The number of nitrogens with zero attached hydrogens (tertiary/aromatic N) is 1. The highest BCUT2D eigenvalue weighted by Gasteiger charge is 2.13. The van der Waals surface area contributed by atoms with Gasteiger partial charge in [-0.3, -0.25) is 9.89 Å². The minimum absolute atomic E-state index is 0.1000. The van der Waals surface area contributed by atoms with Crippen molar-refractivity contribution in [3.8, 4) is 5.69 Å². The molecule has 0 saturated heterocycles. The molecule has 0 unspecified atom stereocenters. The van der Waals surface area contributed by atoms with Crippen molar-refractivity contribution in [3.05, 3.63) is 99.7 Å². The number of H-pyrrole nitrogens is 1. The van der Waals surface area contributed by atoms with Crippen molar-refractivity contribution in [1.29, 1.82) is 0 Å². The Balaban J connectivity index is 1.77. The molecule has 0 saturated carbocycles. The predicted octanol–water partition coefficient (Wildman–Crippen LogP) is 4.36. The van der Waals surface area contributed by atoms with Gasteiger partial charge in [0, 0.05) is 17.7 Å². The number of fused-ring (bicyclic) bond motifs is 1. The molecule has 0 aliphatic carbocycles. The van der Waals surface area contributed by atoms with E-state index in [1.165, 1.54) is 12.1 Å². The van der Waals surface area contributed by atoms with Crippen LogP contribution in [0, 0.1) is 12.7 Å². The number of hydrogen-bond donors (Lipinski definition) is 1. The Bertz CT molecular complexity index is 1120. The third-order valence-electron chi connectivity index (χ3n) is 4.45. The number of aromatic nitrogens is 2. The Morgan fingerprint density at radius 3 is 2.56 bits per heavy atom. The van der Waals surface area contributed by atoms with Crippen molar-refractivity contribution in [3.63, 3.8) is 0 Å². The van der Waals surface area contributed by atoms with Crippen molar-refractivity contribution in [2.24, 2.45) is 0 Å². The molecule has 1 N–H and O–H groups in total. The lowest BCUT2D eigenvalue weighted by atomic mass is 10.1. The molecule has 0 atom stereocenters. The van der Waals surface area contributed by atoms with Crippen LogP contribution in [0.4, 0.5) is 4.39 Å². The van der Waals surface area contributed by atoms with E-state index >= 15 is 0 Å². The van der Waals surface area contributed by atoms with Gasteiger partial charge in [-0.25, -0.2) is 9.07 Å². The first-order valence-corrected chi connectivity index (χ1v) is 8.16. The topological polar surface area (TPSA) is 37.8 Å². The first kappa shape index (κ1) is 15.4. The zero-order valence-corrected chi connectivity index (χ0v) is 13.8. The quantitative estimate of drug-likeness (QED) is 0.595. The normalized spacial score (nSPS) is 11.1. The number of benzene rings is 3. The van der Waals surface area contributed by atoms with E-state index in [-0.39, 0.29) is 11.4 Å². The van der Waals surface area contributed by atoms with E-state index < -0.39 is 0 Å². The van der Waals surface area contributed by atoms with Gasteiger partial charge in [0.05, 0.1) is 5.69 Å². The van der Waals surface area contributed by atoms with Crippen LogP contribution in [0.2, 0.25) is 0 Å². The minimum Gasteiger partial charge on any atom is -0.295 e. The Morgan fingerprint density at radius 1 is 0.960 bits per heavy atom. The molecule has 0 spiro atoms. The molecule has 4 rings (SSSR count). The fraction of sp³-hybridized carbons (Fsp3) is 0.0952. The van der Waals surface area contributed by atoms with Crippen LogP contribution in [0.5, 0.6) is 0 Å². The van der Waals surface area contributed by atoms with Crippen molar-refractivity contribution >= 4 is 10.8 Å². The summed E-state index contributed by atoms with van der Waals surface area (Å²) in [4.78, 5) is 12.9. The maximum atomic E-state index is 13.4. The van der Waals surface area contributed by atoms with Crippen LogP contribution < -0.4 is 5.56 Å². The van der Waals surface area contributed by atoms with Crippen LogP contribution in [-0.4, -0.2) is 9.78 Å². The number of nitrogens with one attached hydrogen (secondary N) is 1. The Labute approximate surface area is 144 Å². The van der Waals surface area contributed by atoms with Gasteiger partial charge in [-0.2, -0.15) is 0 Å². The molecule has 1 aromatic heterocycles. The van der Waals surface area contributed by atoms with Crippen molar-refractivity contribution < 1.29 is 4.39 Å². The standard InChI is InChI=1S/C21H17FN2O/c1-14-20(12-15-5-4-8-18(22)11-15)21(25)24(23-14)19-10-9-16-6-2-3-7-17(16)13-19/h2-11,13,23H,12H2,1H3. The monoisotopic (exact) mass is 332 g/mol. The van der Waals surface area contributed by atoms with E-state index in [4.69, 9.17) is 0 Å². The van der Waals surface area contributed by atoms with Crippen LogP contribution in [0.15, 0.2) is 71.5 Å². The van der Waals surface area contributed by atoms with Crippen LogP contribution in [0.25, 0.3) is 16.5 Å². The average molecular weight is 332 g/mol. The molecular formula is C21H17FN2O. The fourth-order valence-electron chi connectivity index (χ4n) is 3.14. The summed E-state index contributed by atoms with van der Waals surface area (Å²) in [5.41, 5.74) is 2.92. The highest BCUT2D eigenvalue weighted by molar-refractivity contribution is 5.84. The lowest BCUT2D eigenvalue weighted by Crippen LogP contribution is -2.17. The Hall–Kier alpha value is -3.14. The summed E-state index contributed by atoms with van der Waals surface area (Å²) >= 11 is 0. The molecule has 25 heavy (non-hydrogen) atoms. The van der Waals surface area contributed by atoms with Gasteiger partial charge in [0.2, 0.25) is 0 Å². The first-order valence-electron chi connectivity index (χ1n) is 8.16. The summed E-state index contributed by atoms with van der Waals surface area (Å²) in [5.74, 6) is -0.291. The maximum absolute atomic E-state index is 13.4. The van der Waals surface area contributed by atoms with E-state index in [1.807, 2.05) is 55.5 Å². The van der Waals surface area contributed by atoms with Gasteiger partial charge in [-0.1, -0.05) is 42.5 Å². The highest BCUT2D eigenvalue weighted by Crippen LogP contribution is 2.18. The maximum Gasteiger partial charge on any atom is 0.274 e. The molecule has 3 nitrogen and oxygen atoms in total. The number of aromatic amines is 1. The van der Waals surface area contributed by atoms with Crippen LogP contribution in [0.1, 0.15) is 16.8 Å². The van der Waals surface area contributed by atoms with Crippen LogP contribution in [-0.2, 0) is 6.42 Å². The summed E-state index contributed by atoms with van der Waals surface area (Å²) in [5, 5.41) is 5.34. The largest absolute Gasteiger partial charge is 0.295 e. The lowest BCUT2D eigenvalue weighted by molar-refractivity contribution is 0.626. The zero-order valence-electron chi connectivity index (χ0n) is 13.8. The third-order valence-corrected chi connectivity index (χ3v) is 4.45. The van der Waals surface area contributed by atoms with Crippen molar-refractivity contribution in [2.45, 2.75) is 13.3 Å². The van der Waals surface area contributed by atoms with E-state index in [1.54, 1.807) is 10.7 Å². The zero-order chi connectivity index (χ0) is 17.4. The first-order chi connectivity index (χ1) is 12.1. The summed E-state index contributed by atoms with van der Waals surface area (Å²) in [6.07, 6.45) is 0.402. The molecule has 3 aromatic carbocycles. The molecule has 1 heterocycles. The van der Waals surface area contributed by atoms with Gasteiger partial charge >= 0.3 is 0 Å². The van der Waals surface area contributed by atoms with Gasteiger partial charge in [-0.15, -0.1) is 0 Å². The van der Waals surface area contributed by atoms with Crippen LogP contribution >= 0.6 is 0 Å². The second kappa shape index (κ2) is 6.06. The summed E-state index contributed by atoms with van der Waals surface area (Å²) in [7, 11) is 0. The Kier molecular flexibility index (Phi) is 3.73. The SMILES string of the molecule is Cc1[nH]n(-c2ccc3ccccc3c2)c(=O)c1Cc1cccc(F)c1. The van der Waals surface area contributed by atoms with Crippen LogP contribution in [0.3, 0.4) is 0 Å². The number of hydrogen-bond acceptors (Lipinski definition) is 1. The third kappa shape index (κ3) is 2.87. The number of rotatable bonds is 3. The van der Waals surface area contributed by atoms with E-state index in [0.29, 0.717) is 12.0 Å². The molecule has 0 radical (unpaired) electrons. The van der Waals surface area contributed by atoms with Crippen molar-refractivity contribution in [1.82, 2.24) is 9.78 Å². The van der Waals surface area contributed by atoms with Gasteiger partial charge in [0.15, 0.2) is 0 Å². The second-order valence-electron chi connectivity index (χ2n) is 6.19. The fourth-order valence-corrected chi connectivity index (χ4v) is 3.14. The Morgan fingerprint density at radius 2 is 1.76 bits per heavy atom. The predicted molar refractivity (Wildman–Crippen MR) is 97.8 cm³/mol. The minimum atomic E-state index is -0.291. The number of aryl methyl sites for hydroxylation is 1. The molecule has 4 heteroatoms. The molecule has 0 fully saturated rings. The van der Waals surface area contributed by atoms with Gasteiger partial charge in [-0.05, 0) is 47.5 Å². The lowest BCUT2D eigenvalue weighted by Gasteiger charge is -2.04. The molecule has 4 aromatic rings. The molecule has 0 aliphatic heterocycles. The van der Waals surface area contributed by atoms with Gasteiger partial charge in [0.1, 0.15) is 5.82 Å². The second-order valence-corrected chi connectivity index (χ2v) is 6.19.